The number of carbonyl (C=O) groups excluding carboxylic acids is 1. The zero-order valence-corrected chi connectivity index (χ0v) is 13.4. The maximum absolute atomic E-state index is 11.8. The summed E-state index contributed by atoms with van der Waals surface area (Å²) in [5.41, 5.74) is -0.219. The Kier molecular flexibility index (Phi) is 6.22. The lowest BCUT2D eigenvalue weighted by Gasteiger charge is -2.20. The fourth-order valence-corrected chi connectivity index (χ4v) is 1.95. The smallest absolute Gasteiger partial charge is 0.328 e. The number of aryl methyl sites for hydroxylation is 1. The quantitative estimate of drug-likeness (QED) is 0.767. The van der Waals surface area contributed by atoms with Gasteiger partial charge in [-0.2, -0.15) is 0 Å². The normalized spacial score (nSPS) is 10.9. The average Bonchev–Trinajstić information content (AvgIpc) is 2.46. The monoisotopic (exact) mass is 309 g/mol. The Balaban J connectivity index is 2.51. The molecule has 0 fully saturated rings. The molecule has 6 nitrogen and oxygen atoms in total. The molecule has 0 bridgehead atoms. The molecule has 0 atom stereocenters. The van der Waals surface area contributed by atoms with Crippen LogP contribution >= 0.6 is 0 Å². The molecule has 0 saturated heterocycles. The fourth-order valence-electron chi connectivity index (χ4n) is 1.95. The van der Waals surface area contributed by atoms with Gasteiger partial charge in [0, 0.05) is 6.42 Å². The second-order valence-electron chi connectivity index (χ2n) is 5.52. The van der Waals surface area contributed by atoms with Crippen molar-refractivity contribution in [2.45, 2.75) is 38.6 Å². The molecular formula is C16H23NO5. The van der Waals surface area contributed by atoms with Gasteiger partial charge in [-0.05, 0) is 44.4 Å². The zero-order chi connectivity index (χ0) is 16.8. The van der Waals surface area contributed by atoms with Crippen molar-refractivity contribution in [3.05, 3.63) is 23.8 Å². The summed E-state index contributed by atoms with van der Waals surface area (Å²) < 4.78 is 10.4. The van der Waals surface area contributed by atoms with Crippen LogP contribution in [0.25, 0.3) is 0 Å². The first-order chi connectivity index (χ1) is 10.3. The SMILES string of the molecule is COc1ccc(CCCC(=O)NC(C)(C)C(=O)O)cc1OC. The topological polar surface area (TPSA) is 84.9 Å². The highest BCUT2D eigenvalue weighted by Gasteiger charge is 2.28. The first-order valence-electron chi connectivity index (χ1n) is 7.05. The third-order valence-electron chi connectivity index (χ3n) is 3.30. The minimum Gasteiger partial charge on any atom is -0.493 e. The van der Waals surface area contributed by atoms with Crippen LogP contribution in [0.15, 0.2) is 18.2 Å². The highest BCUT2D eigenvalue weighted by atomic mass is 16.5. The van der Waals surface area contributed by atoms with Crippen LogP contribution in [0.5, 0.6) is 11.5 Å². The molecule has 0 saturated carbocycles. The number of nitrogens with one attached hydrogen (secondary N) is 1. The van der Waals surface area contributed by atoms with E-state index in [9.17, 15) is 9.59 Å². The largest absolute Gasteiger partial charge is 0.493 e. The van der Waals surface area contributed by atoms with Gasteiger partial charge in [-0.15, -0.1) is 0 Å². The molecule has 0 radical (unpaired) electrons. The Morgan fingerprint density at radius 3 is 2.36 bits per heavy atom. The molecule has 1 aromatic rings. The Morgan fingerprint density at radius 1 is 1.18 bits per heavy atom. The first kappa shape index (κ1) is 17.8. The van der Waals surface area contributed by atoms with Gasteiger partial charge in [0.05, 0.1) is 14.2 Å². The molecule has 1 rings (SSSR count). The van der Waals surface area contributed by atoms with Gasteiger partial charge in [0.2, 0.25) is 5.91 Å². The van der Waals surface area contributed by atoms with Crippen LogP contribution in [-0.4, -0.2) is 36.7 Å². The van der Waals surface area contributed by atoms with E-state index in [1.54, 1.807) is 14.2 Å². The summed E-state index contributed by atoms with van der Waals surface area (Å²) in [4.78, 5) is 22.7. The van der Waals surface area contributed by atoms with Gasteiger partial charge in [-0.25, -0.2) is 4.79 Å². The molecule has 0 unspecified atom stereocenters. The van der Waals surface area contributed by atoms with Crippen molar-refractivity contribution >= 4 is 11.9 Å². The van der Waals surface area contributed by atoms with Crippen molar-refractivity contribution in [1.29, 1.82) is 0 Å². The molecule has 1 amide bonds. The van der Waals surface area contributed by atoms with Gasteiger partial charge in [0.25, 0.3) is 0 Å². The summed E-state index contributed by atoms with van der Waals surface area (Å²) in [5, 5.41) is 11.5. The zero-order valence-electron chi connectivity index (χ0n) is 13.4. The van der Waals surface area contributed by atoms with Crippen molar-refractivity contribution in [3.8, 4) is 11.5 Å². The molecule has 0 aromatic heterocycles. The number of methoxy groups -OCH3 is 2. The molecule has 0 aliphatic rings. The molecule has 122 valence electrons. The van der Waals surface area contributed by atoms with E-state index in [-0.39, 0.29) is 12.3 Å². The lowest BCUT2D eigenvalue weighted by molar-refractivity contribution is -0.146. The van der Waals surface area contributed by atoms with E-state index in [0.717, 1.165) is 5.56 Å². The van der Waals surface area contributed by atoms with Crippen molar-refractivity contribution in [2.75, 3.05) is 14.2 Å². The standard InChI is InChI=1S/C16H23NO5/c1-16(2,15(19)20)17-14(18)7-5-6-11-8-9-12(21-3)13(10-11)22-4/h8-10H,5-7H2,1-4H3,(H,17,18)(H,19,20). The van der Waals surface area contributed by atoms with E-state index >= 15 is 0 Å². The summed E-state index contributed by atoms with van der Waals surface area (Å²) >= 11 is 0. The number of aliphatic carboxylic acids is 1. The third kappa shape index (κ3) is 4.95. The van der Waals surface area contributed by atoms with Crippen molar-refractivity contribution in [3.63, 3.8) is 0 Å². The number of carboxylic acid groups (broad SMARTS) is 1. The number of hydrogen-bond acceptors (Lipinski definition) is 4. The molecule has 0 aliphatic heterocycles. The van der Waals surface area contributed by atoms with Gasteiger partial charge in [-0.1, -0.05) is 6.07 Å². The van der Waals surface area contributed by atoms with Gasteiger partial charge in [0.1, 0.15) is 5.54 Å². The van der Waals surface area contributed by atoms with E-state index in [1.807, 2.05) is 18.2 Å². The van der Waals surface area contributed by atoms with E-state index in [2.05, 4.69) is 5.32 Å². The molecule has 0 aliphatic carbocycles. The number of rotatable bonds is 8. The minimum atomic E-state index is -1.25. The summed E-state index contributed by atoms with van der Waals surface area (Å²) in [6.45, 7) is 2.92. The predicted octanol–water partition coefficient (Wildman–Crippen LogP) is 2.01. The Hall–Kier alpha value is -2.24. The number of hydrogen-bond donors (Lipinski definition) is 2. The summed E-state index contributed by atoms with van der Waals surface area (Å²) in [6.07, 6.45) is 1.59. The van der Waals surface area contributed by atoms with E-state index in [4.69, 9.17) is 14.6 Å². The van der Waals surface area contributed by atoms with Crippen molar-refractivity contribution in [1.82, 2.24) is 5.32 Å². The Morgan fingerprint density at radius 2 is 1.82 bits per heavy atom. The molecule has 0 spiro atoms. The minimum absolute atomic E-state index is 0.269. The highest BCUT2D eigenvalue weighted by Crippen LogP contribution is 2.28. The molecule has 22 heavy (non-hydrogen) atoms. The number of amides is 1. The van der Waals surface area contributed by atoms with E-state index in [0.29, 0.717) is 24.3 Å². The van der Waals surface area contributed by atoms with Gasteiger partial charge in [-0.3, -0.25) is 4.79 Å². The van der Waals surface area contributed by atoms with Crippen LogP contribution in [0.2, 0.25) is 0 Å². The summed E-state index contributed by atoms with van der Waals surface area (Å²) in [5.74, 6) is -0.0164. The Labute approximate surface area is 130 Å². The molecular weight excluding hydrogens is 286 g/mol. The van der Waals surface area contributed by atoms with Crippen LogP contribution < -0.4 is 14.8 Å². The van der Waals surface area contributed by atoms with Gasteiger partial charge in [0.15, 0.2) is 11.5 Å². The second-order valence-corrected chi connectivity index (χ2v) is 5.52. The van der Waals surface area contributed by atoms with Crippen LogP contribution in [0.4, 0.5) is 0 Å². The van der Waals surface area contributed by atoms with Crippen molar-refractivity contribution < 1.29 is 24.2 Å². The van der Waals surface area contributed by atoms with Crippen LogP contribution in [0.3, 0.4) is 0 Å². The van der Waals surface area contributed by atoms with Crippen molar-refractivity contribution in [2.24, 2.45) is 0 Å². The molecule has 6 heteroatoms. The molecule has 2 N–H and O–H groups in total. The summed E-state index contributed by atoms with van der Waals surface area (Å²) in [7, 11) is 3.15. The van der Waals surface area contributed by atoms with Gasteiger partial charge >= 0.3 is 5.97 Å². The second kappa shape index (κ2) is 7.68. The lowest BCUT2D eigenvalue weighted by Crippen LogP contribution is -2.49. The Bertz CT molecular complexity index is 539. The maximum Gasteiger partial charge on any atom is 0.328 e. The van der Waals surface area contributed by atoms with Gasteiger partial charge < -0.3 is 19.9 Å². The molecule has 1 aromatic carbocycles. The van der Waals surface area contributed by atoms with E-state index in [1.165, 1.54) is 13.8 Å². The number of carboxylic acids is 1. The fraction of sp³-hybridized carbons (Fsp3) is 0.500. The van der Waals surface area contributed by atoms with Crippen LogP contribution in [-0.2, 0) is 16.0 Å². The average molecular weight is 309 g/mol. The van der Waals surface area contributed by atoms with Crippen LogP contribution in [0, 0.1) is 0 Å². The van der Waals surface area contributed by atoms with Crippen LogP contribution in [0.1, 0.15) is 32.3 Å². The first-order valence-corrected chi connectivity index (χ1v) is 7.05. The lowest BCUT2D eigenvalue weighted by atomic mass is 10.0. The number of carbonyl (C=O) groups is 2. The molecule has 0 heterocycles. The third-order valence-corrected chi connectivity index (χ3v) is 3.30. The number of benzene rings is 1. The summed E-state index contributed by atoms with van der Waals surface area (Å²) in [6, 6.07) is 5.61. The predicted molar refractivity (Wildman–Crippen MR) is 82.3 cm³/mol. The highest BCUT2D eigenvalue weighted by molar-refractivity contribution is 5.86. The van der Waals surface area contributed by atoms with E-state index < -0.39 is 11.5 Å². The number of ether oxygens (including phenoxy) is 2. The maximum atomic E-state index is 11.8.